The molecule has 0 fully saturated rings. The fraction of sp³-hybridized carbons (Fsp3) is 0.226. The Balaban J connectivity index is 1.64. The third-order valence-corrected chi connectivity index (χ3v) is 6.33. The third kappa shape index (κ3) is 6.62. The summed E-state index contributed by atoms with van der Waals surface area (Å²) in [6.45, 7) is 6.72. The number of hydrogen-bond acceptors (Lipinski definition) is 5. The van der Waals surface area contributed by atoms with Gasteiger partial charge in [0.2, 0.25) is 0 Å². The zero-order chi connectivity index (χ0) is 27.1. The zero-order valence-electron chi connectivity index (χ0n) is 21.8. The Labute approximate surface area is 222 Å². The molecule has 38 heavy (non-hydrogen) atoms. The summed E-state index contributed by atoms with van der Waals surface area (Å²) < 4.78 is 2.11. The second kappa shape index (κ2) is 12.1. The van der Waals surface area contributed by atoms with Crippen LogP contribution in [0.5, 0.6) is 5.75 Å². The molecule has 0 atom stereocenters. The minimum Gasteiger partial charge on any atom is -0.357 e. The molecule has 7 nitrogen and oxygen atoms in total. The molecule has 1 heterocycles. The van der Waals surface area contributed by atoms with Gasteiger partial charge in [0.15, 0.2) is 11.5 Å². The largest absolute Gasteiger partial charge is 0.357 e. The van der Waals surface area contributed by atoms with Crippen molar-refractivity contribution in [2.75, 3.05) is 0 Å². The maximum absolute atomic E-state index is 13.5. The number of carbonyl (C=O) groups is 1. The van der Waals surface area contributed by atoms with Gasteiger partial charge in [-0.05, 0) is 48.6 Å². The first-order valence-electron chi connectivity index (χ1n) is 12.6. The molecule has 0 bridgehead atoms. The zero-order valence-corrected chi connectivity index (χ0v) is 21.8. The number of hydrogen-bond donors (Lipinski definition) is 0. The van der Waals surface area contributed by atoms with Crippen LogP contribution < -0.4 is 4.84 Å². The summed E-state index contributed by atoms with van der Waals surface area (Å²) in [5.74, 6) is 0.696. The molecule has 0 radical (unpaired) electrons. The molecule has 0 aliphatic rings. The van der Waals surface area contributed by atoms with Crippen LogP contribution in [0.25, 0.3) is 0 Å². The Hall–Kier alpha value is -4.52. The highest BCUT2D eigenvalue weighted by Crippen LogP contribution is 2.27. The van der Waals surface area contributed by atoms with Crippen molar-refractivity contribution in [1.29, 1.82) is 0 Å². The Morgan fingerprint density at radius 2 is 1.71 bits per heavy atom. The van der Waals surface area contributed by atoms with E-state index < -0.39 is 4.92 Å². The highest BCUT2D eigenvalue weighted by molar-refractivity contribution is 5.99. The standard InChI is InChI=1S/C31H31N3O4/c1-22(2)31-29(30(35)17-14-24-10-7-11-26(18-24)34(36)37)19-27(33(31)21-25-8-5-4-6-9-25)20-32-38-28-15-12-23(3)13-16-28/h4-13,15-16,18-20,22H,14,17,21H2,1-3H3/b32-20-. The first-order chi connectivity index (χ1) is 18.3. The van der Waals surface area contributed by atoms with Gasteiger partial charge in [0.05, 0.1) is 16.8 Å². The summed E-state index contributed by atoms with van der Waals surface area (Å²) in [6, 6.07) is 26.0. The van der Waals surface area contributed by atoms with Crippen LogP contribution in [0, 0.1) is 17.0 Å². The molecule has 0 aliphatic heterocycles. The highest BCUT2D eigenvalue weighted by atomic mass is 16.6. The van der Waals surface area contributed by atoms with Gasteiger partial charge in [-0.15, -0.1) is 0 Å². The summed E-state index contributed by atoms with van der Waals surface area (Å²) in [5, 5.41) is 15.3. The molecule has 0 spiro atoms. The predicted molar refractivity (Wildman–Crippen MR) is 149 cm³/mol. The lowest BCUT2D eigenvalue weighted by molar-refractivity contribution is -0.384. The van der Waals surface area contributed by atoms with Crippen molar-refractivity contribution in [3.8, 4) is 5.75 Å². The van der Waals surface area contributed by atoms with Crippen molar-refractivity contribution in [2.24, 2.45) is 5.16 Å². The van der Waals surface area contributed by atoms with E-state index in [1.807, 2.05) is 61.5 Å². The summed E-state index contributed by atoms with van der Waals surface area (Å²) in [4.78, 5) is 29.8. The Bertz CT molecular complexity index is 1440. The second-order valence-corrected chi connectivity index (χ2v) is 9.58. The SMILES string of the molecule is Cc1ccc(O/N=C\c2cc(C(=O)CCc3cccc([N+](=O)[O-])c3)c(C(C)C)n2Cc2ccccc2)cc1. The van der Waals surface area contributed by atoms with Crippen LogP contribution in [0.3, 0.4) is 0 Å². The fourth-order valence-corrected chi connectivity index (χ4v) is 4.44. The number of oxime groups is 1. The molecule has 194 valence electrons. The van der Waals surface area contributed by atoms with Crippen LogP contribution in [0.15, 0.2) is 90.1 Å². The van der Waals surface area contributed by atoms with E-state index in [-0.39, 0.29) is 23.8 Å². The van der Waals surface area contributed by atoms with E-state index in [1.54, 1.807) is 12.3 Å². The lowest BCUT2D eigenvalue weighted by Crippen LogP contribution is -2.12. The minimum atomic E-state index is -0.420. The number of non-ortho nitro benzene ring substituents is 1. The molecule has 4 aromatic rings. The Morgan fingerprint density at radius 1 is 1.00 bits per heavy atom. The minimum absolute atomic E-state index is 0.0129. The van der Waals surface area contributed by atoms with Crippen molar-refractivity contribution in [2.45, 2.75) is 46.1 Å². The maximum Gasteiger partial charge on any atom is 0.269 e. The Kier molecular flexibility index (Phi) is 8.48. The molecule has 0 aliphatic carbocycles. The average molecular weight is 510 g/mol. The molecule has 7 heteroatoms. The number of Topliss-reactive ketones (excluding diaryl/α,β-unsaturated/α-hetero) is 1. The number of aryl methyl sites for hydroxylation is 2. The number of nitro groups is 1. The van der Waals surface area contributed by atoms with E-state index in [0.29, 0.717) is 24.3 Å². The monoisotopic (exact) mass is 509 g/mol. The van der Waals surface area contributed by atoms with Gasteiger partial charge in [-0.3, -0.25) is 14.9 Å². The number of benzene rings is 3. The molecule has 0 N–H and O–H groups in total. The first-order valence-corrected chi connectivity index (χ1v) is 12.6. The quantitative estimate of drug-likeness (QED) is 0.0933. The normalized spacial score (nSPS) is 11.3. The lowest BCUT2D eigenvalue weighted by atomic mass is 9.98. The molecule has 3 aromatic carbocycles. The van der Waals surface area contributed by atoms with Crippen LogP contribution in [0.2, 0.25) is 0 Å². The second-order valence-electron chi connectivity index (χ2n) is 9.58. The number of ketones is 1. The molecule has 0 saturated carbocycles. The van der Waals surface area contributed by atoms with E-state index in [9.17, 15) is 14.9 Å². The van der Waals surface area contributed by atoms with Gasteiger partial charge >= 0.3 is 0 Å². The fourth-order valence-electron chi connectivity index (χ4n) is 4.44. The van der Waals surface area contributed by atoms with E-state index in [2.05, 4.69) is 35.7 Å². The van der Waals surface area contributed by atoms with Gasteiger partial charge in [-0.25, -0.2) is 0 Å². The summed E-state index contributed by atoms with van der Waals surface area (Å²) in [5.41, 5.74) is 5.35. The van der Waals surface area contributed by atoms with Gasteiger partial charge in [0, 0.05) is 36.4 Å². The van der Waals surface area contributed by atoms with E-state index in [0.717, 1.165) is 28.1 Å². The van der Waals surface area contributed by atoms with Crippen LogP contribution in [-0.4, -0.2) is 21.5 Å². The van der Waals surface area contributed by atoms with Crippen molar-refractivity contribution < 1.29 is 14.6 Å². The van der Waals surface area contributed by atoms with E-state index >= 15 is 0 Å². The number of nitro benzene ring substituents is 1. The number of rotatable bonds is 11. The Morgan fingerprint density at radius 3 is 2.39 bits per heavy atom. The van der Waals surface area contributed by atoms with Crippen LogP contribution in [0.4, 0.5) is 5.69 Å². The predicted octanol–water partition coefficient (Wildman–Crippen LogP) is 7.10. The molecule has 0 unspecified atom stereocenters. The van der Waals surface area contributed by atoms with Gasteiger partial charge < -0.3 is 9.40 Å². The average Bonchev–Trinajstić information content (AvgIpc) is 3.27. The van der Waals surface area contributed by atoms with Gasteiger partial charge in [-0.1, -0.05) is 79.2 Å². The van der Waals surface area contributed by atoms with Crippen LogP contribution in [0.1, 0.15) is 64.6 Å². The van der Waals surface area contributed by atoms with Crippen molar-refractivity contribution >= 4 is 17.7 Å². The first kappa shape index (κ1) is 26.5. The van der Waals surface area contributed by atoms with Gasteiger partial charge in [0.25, 0.3) is 5.69 Å². The number of carbonyl (C=O) groups excluding carboxylic acids is 1. The van der Waals surface area contributed by atoms with Crippen LogP contribution in [-0.2, 0) is 13.0 Å². The molecule has 0 amide bonds. The topological polar surface area (TPSA) is 86.7 Å². The van der Waals surface area contributed by atoms with E-state index in [4.69, 9.17) is 4.84 Å². The third-order valence-electron chi connectivity index (χ3n) is 6.33. The molecular formula is C31H31N3O4. The number of nitrogens with zero attached hydrogens (tertiary/aromatic N) is 3. The molecule has 1 aromatic heterocycles. The molecule has 4 rings (SSSR count). The maximum atomic E-state index is 13.5. The highest BCUT2D eigenvalue weighted by Gasteiger charge is 2.22. The van der Waals surface area contributed by atoms with Gasteiger partial charge in [-0.2, -0.15) is 0 Å². The number of aromatic nitrogens is 1. The smallest absolute Gasteiger partial charge is 0.269 e. The summed E-state index contributed by atoms with van der Waals surface area (Å²) >= 11 is 0. The van der Waals surface area contributed by atoms with Gasteiger partial charge in [0.1, 0.15) is 0 Å². The van der Waals surface area contributed by atoms with Crippen molar-refractivity contribution in [3.05, 3.63) is 129 Å². The lowest BCUT2D eigenvalue weighted by Gasteiger charge is -2.16. The molecule has 0 saturated heterocycles. The summed E-state index contributed by atoms with van der Waals surface area (Å²) in [6.07, 6.45) is 2.31. The van der Waals surface area contributed by atoms with Crippen molar-refractivity contribution in [3.63, 3.8) is 0 Å². The molecular weight excluding hydrogens is 478 g/mol. The van der Waals surface area contributed by atoms with E-state index in [1.165, 1.54) is 12.1 Å². The summed E-state index contributed by atoms with van der Waals surface area (Å²) in [7, 11) is 0. The van der Waals surface area contributed by atoms with Crippen molar-refractivity contribution in [1.82, 2.24) is 4.57 Å². The van der Waals surface area contributed by atoms with Crippen LogP contribution >= 0.6 is 0 Å².